The normalized spacial score (nSPS) is 14.5. The first-order chi connectivity index (χ1) is 11.2. The summed E-state index contributed by atoms with van der Waals surface area (Å²) in [7, 11) is 0. The molecule has 7 heteroatoms. The van der Waals surface area contributed by atoms with Crippen LogP contribution < -0.4 is 5.32 Å². The Labute approximate surface area is 144 Å². The van der Waals surface area contributed by atoms with E-state index in [9.17, 15) is 4.79 Å². The van der Waals surface area contributed by atoms with Crippen molar-refractivity contribution in [1.82, 2.24) is 14.3 Å². The fraction of sp³-hybridized carbons (Fsp3) is 0.438. The van der Waals surface area contributed by atoms with Gasteiger partial charge in [0.1, 0.15) is 0 Å². The average molecular weight is 348 g/mol. The molecule has 1 amide bonds. The summed E-state index contributed by atoms with van der Waals surface area (Å²) in [6.07, 6.45) is 2.09. The number of anilines is 1. The number of carbonyl (C=O) groups excluding carboxylic acids is 1. The lowest BCUT2D eigenvalue weighted by Gasteiger charge is -2.27. The quantitative estimate of drug-likeness (QED) is 0.813. The van der Waals surface area contributed by atoms with Crippen molar-refractivity contribution in [3.05, 3.63) is 35.4 Å². The summed E-state index contributed by atoms with van der Waals surface area (Å²) in [5.74, 6) is 0.977. The number of thioether (sulfide) groups is 1. The van der Waals surface area contributed by atoms with Gasteiger partial charge in [-0.25, -0.2) is 0 Å². The van der Waals surface area contributed by atoms with Crippen molar-refractivity contribution >= 4 is 34.3 Å². The summed E-state index contributed by atoms with van der Waals surface area (Å²) >= 11 is 2.87. The molecule has 0 unspecified atom stereocenters. The minimum Gasteiger partial charge on any atom is -0.300 e. The van der Waals surface area contributed by atoms with E-state index in [0.29, 0.717) is 11.7 Å². The summed E-state index contributed by atoms with van der Waals surface area (Å²) in [5, 5.41) is 4.20. The molecule has 0 bridgehead atoms. The molecule has 2 heterocycles. The zero-order chi connectivity index (χ0) is 16.1. The fourth-order valence-electron chi connectivity index (χ4n) is 2.56. The molecule has 1 aromatic heterocycles. The summed E-state index contributed by atoms with van der Waals surface area (Å²) in [4.78, 5) is 18.7. The van der Waals surface area contributed by atoms with E-state index in [1.54, 1.807) is 11.8 Å². The Hall–Kier alpha value is -1.44. The van der Waals surface area contributed by atoms with Gasteiger partial charge in [0.25, 0.3) is 0 Å². The molecule has 0 radical (unpaired) electrons. The van der Waals surface area contributed by atoms with Gasteiger partial charge in [0.2, 0.25) is 16.2 Å². The summed E-state index contributed by atoms with van der Waals surface area (Å²) in [5.41, 5.74) is 2.71. The molecular formula is C16H20N4OS2. The van der Waals surface area contributed by atoms with Crippen LogP contribution in [0.2, 0.25) is 0 Å². The molecule has 23 heavy (non-hydrogen) atoms. The van der Waals surface area contributed by atoms with Crippen molar-refractivity contribution in [2.75, 3.05) is 24.2 Å². The molecule has 0 saturated carbocycles. The number of rotatable bonds is 6. The van der Waals surface area contributed by atoms with E-state index in [-0.39, 0.29) is 5.91 Å². The van der Waals surface area contributed by atoms with Crippen LogP contribution in [0.3, 0.4) is 0 Å². The van der Waals surface area contributed by atoms with Crippen LogP contribution in [-0.4, -0.2) is 39.0 Å². The minimum atomic E-state index is -0.0208. The zero-order valence-electron chi connectivity index (χ0n) is 13.1. The van der Waals surface area contributed by atoms with Crippen LogP contribution in [0.1, 0.15) is 24.5 Å². The first kappa shape index (κ1) is 16.4. The standard InChI is InChI=1S/C16H20N4OS2/c1-2-9-22-16-18-15(23-19-16)17-14(21)11-20-8-7-12-5-3-4-6-13(12)10-20/h3-6H,2,7-11H2,1H3,(H,17,18,19,21). The maximum Gasteiger partial charge on any atom is 0.240 e. The maximum atomic E-state index is 12.2. The van der Waals surface area contributed by atoms with E-state index in [1.165, 1.54) is 22.7 Å². The third-order valence-corrected chi connectivity index (χ3v) is 5.47. The minimum absolute atomic E-state index is 0.0208. The van der Waals surface area contributed by atoms with Crippen molar-refractivity contribution < 1.29 is 4.79 Å². The predicted octanol–water partition coefficient (Wildman–Crippen LogP) is 3.04. The molecule has 1 N–H and O–H groups in total. The molecule has 1 aliphatic heterocycles. The first-order valence-corrected chi connectivity index (χ1v) is 9.56. The Morgan fingerprint density at radius 3 is 3.04 bits per heavy atom. The van der Waals surface area contributed by atoms with Crippen LogP contribution in [0.5, 0.6) is 0 Å². The second kappa shape index (κ2) is 7.90. The second-order valence-electron chi connectivity index (χ2n) is 5.51. The van der Waals surface area contributed by atoms with Gasteiger partial charge < -0.3 is 0 Å². The number of amides is 1. The van der Waals surface area contributed by atoms with Crippen molar-refractivity contribution in [2.24, 2.45) is 0 Å². The van der Waals surface area contributed by atoms with Crippen molar-refractivity contribution in [3.8, 4) is 0 Å². The summed E-state index contributed by atoms with van der Waals surface area (Å²) in [6, 6.07) is 8.44. The fourth-order valence-corrected chi connectivity index (χ4v) is 3.98. The first-order valence-electron chi connectivity index (χ1n) is 7.80. The molecule has 1 aromatic carbocycles. The van der Waals surface area contributed by atoms with Crippen molar-refractivity contribution in [3.63, 3.8) is 0 Å². The van der Waals surface area contributed by atoms with Crippen LogP contribution in [0.25, 0.3) is 0 Å². The molecular weight excluding hydrogens is 328 g/mol. The van der Waals surface area contributed by atoms with Crippen LogP contribution >= 0.6 is 23.3 Å². The Balaban J connectivity index is 1.51. The van der Waals surface area contributed by atoms with Gasteiger partial charge in [-0.1, -0.05) is 43.0 Å². The molecule has 0 fully saturated rings. The Bertz CT molecular complexity index is 674. The Kier molecular flexibility index (Phi) is 5.64. The van der Waals surface area contributed by atoms with E-state index in [1.807, 2.05) is 0 Å². The Morgan fingerprint density at radius 1 is 1.39 bits per heavy atom. The summed E-state index contributed by atoms with van der Waals surface area (Å²) in [6.45, 7) is 4.26. The number of hydrogen-bond acceptors (Lipinski definition) is 6. The molecule has 122 valence electrons. The van der Waals surface area contributed by atoms with E-state index in [4.69, 9.17) is 0 Å². The predicted molar refractivity (Wildman–Crippen MR) is 95.0 cm³/mol. The van der Waals surface area contributed by atoms with Gasteiger partial charge in [-0.15, -0.1) is 0 Å². The lowest BCUT2D eigenvalue weighted by Crippen LogP contribution is -2.37. The number of hydrogen-bond donors (Lipinski definition) is 1. The lowest BCUT2D eigenvalue weighted by molar-refractivity contribution is -0.117. The highest BCUT2D eigenvalue weighted by Gasteiger charge is 2.18. The topological polar surface area (TPSA) is 58.1 Å². The Morgan fingerprint density at radius 2 is 2.22 bits per heavy atom. The van der Waals surface area contributed by atoms with Gasteiger partial charge >= 0.3 is 0 Å². The van der Waals surface area contributed by atoms with Crippen molar-refractivity contribution in [2.45, 2.75) is 31.5 Å². The van der Waals surface area contributed by atoms with Crippen LogP contribution in [0, 0.1) is 0 Å². The van der Waals surface area contributed by atoms with Crippen LogP contribution in [0.15, 0.2) is 29.4 Å². The van der Waals surface area contributed by atoms with Gasteiger partial charge in [-0.3, -0.25) is 15.0 Å². The number of nitrogens with zero attached hydrogens (tertiary/aromatic N) is 3. The van der Waals surface area contributed by atoms with E-state index >= 15 is 0 Å². The number of aromatic nitrogens is 2. The third kappa shape index (κ3) is 4.53. The van der Waals surface area contributed by atoms with E-state index in [2.05, 4.69) is 50.8 Å². The van der Waals surface area contributed by atoms with Gasteiger partial charge in [0.05, 0.1) is 6.54 Å². The zero-order valence-corrected chi connectivity index (χ0v) is 14.8. The van der Waals surface area contributed by atoms with Gasteiger partial charge in [0, 0.05) is 30.4 Å². The molecule has 0 aliphatic carbocycles. The maximum absolute atomic E-state index is 12.2. The highest BCUT2D eigenvalue weighted by Crippen LogP contribution is 2.21. The average Bonchev–Trinajstić information content (AvgIpc) is 3.00. The monoisotopic (exact) mass is 348 g/mol. The lowest BCUT2D eigenvalue weighted by atomic mass is 10.00. The third-order valence-electron chi connectivity index (χ3n) is 3.67. The highest BCUT2D eigenvalue weighted by molar-refractivity contribution is 7.99. The molecule has 1 aliphatic rings. The number of nitrogens with one attached hydrogen (secondary N) is 1. The van der Waals surface area contributed by atoms with Gasteiger partial charge in [-0.05, 0) is 24.0 Å². The molecule has 3 rings (SSSR count). The smallest absolute Gasteiger partial charge is 0.240 e. The number of carbonyl (C=O) groups is 1. The molecule has 0 spiro atoms. The van der Waals surface area contributed by atoms with Crippen molar-refractivity contribution in [1.29, 1.82) is 0 Å². The SMILES string of the molecule is CCCSc1nsc(NC(=O)CN2CCc3ccccc3C2)n1. The molecule has 5 nitrogen and oxygen atoms in total. The molecule has 2 aromatic rings. The molecule has 0 saturated heterocycles. The van der Waals surface area contributed by atoms with E-state index < -0.39 is 0 Å². The second-order valence-corrected chi connectivity index (χ2v) is 7.32. The largest absolute Gasteiger partial charge is 0.300 e. The van der Waals surface area contributed by atoms with Gasteiger partial charge in [0.15, 0.2) is 0 Å². The van der Waals surface area contributed by atoms with E-state index in [0.717, 1.165) is 36.8 Å². The number of fused-ring (bicyclic) bond motifs is 1. The number of benzene rings is 1. The van der Waals surface area contributed by atoms with Crippen LogP contribution in [-0.2, 0) is 17.8 Å². The van der Waals surface area contributed by atoms with Gasteiger partial charge in [-0.2, -0.15) is 9.36 Å². The van der Waals surface area contributed by atoms with Crippen LogP contribution in [0.4, 0.5) is 5.13 Å². The highest BCUT2D eigenvalue weighted by atomic mass is 32.2. The molecule has 0 atom stereocenters. The summed E-state index contributed by atoms with van der Waals surface area (Å²) < 4.78 is 4.25.